The van der Waals surface area contributed by atoms with Crippen LogP contribution in [-0.2, 0) is 4.79 Å². The molecule has 0 heterocycles. The molecule has 0 saturated carbocycles. The summed E-state index contributed by atoms with van der Waals surface area (Å²) in [5.74, 6) is 0.633. The topological polar surface area (TPSA) is 67.9 Å². The van der Waals surface area contributed by atoms with Gasteiger partial charge in [0.15, 0.2) is 11.5 Å². The lowest BCUT2D eigenvalue weighted by Gasteiger charge is -2.18. The summed E-state index contributed by atoms with van der Waals surface area (Å²) >= 11 is 6.32. The monoisotopic (exact) mass is 444 g/mol. The van der Waals surface area contributed by atoms with Gasteiger partial charge in [0.2, 0.25) is 5.91 Å². The maximum Gasteiger partial charge on any atom is 0.253 e. The van der Waals surface area contributed by atoms with Gasteiger partial charge in [-0.15, -0.1) is 0 Å². The van der Waals surface area contributed by atoms with Crippen molar-refractivity contribution >= 4 is 35.2 Å². The fourth-order valence-electron chi connectivity index (χ4n) is 2.93. The number of nitrogens with zero attached hydrogens (tertiary/aromatic N) is 1. The van der Waals surface area contributed by atoms with Gasteiger partial charge in [0.1, 0.15) is 0 Å². The minimum atomic E-state index is -0.305. The molecule has 0 spiro atoms. The van der Waals surface area contributed by atoms with Gasteiger partial charge in [-0.25, -0.2) is 0 Å². The van der Waals surface area contributed by atoms with Gasteiger partial charge in [-0.2, -0.15) is 0 Å². The average molecular weight is 445 g/mol. The minimum absolute atomic E-state index is 0.0292. The summed E-state index contributed by atoms with van der Waals surface area (Å²) in [6, 6.07) is 10.3. The fraction of sp³-hybridized carbons (Fsp3) is 0.333. The second-order valence-electron chi connectivity index (χ2n) is 7.08. The summed E-state index contributed by atoms with van der Waals surface area (Å²) in [6.07, 6.45) is 3.00. The van der Waals surface area contributed by atoms with Gasteiger partial charge in [0.25, 0.3) is 5.91 Å². The Morgan fingerprint density at radius 1 is 1.13 bits per heavy atom. The standard InChI is InChI=1S/C24H29ClN2O4/c1-6-27(7-2)24(29)18-9-11-19(12-10-18)26-22(28)13-8-17-14-20(25)23(31-16(3)4)21(15-17)30-5/h8-16H,6-7H2,1-5H3,(H,26,28)/b13-8+. The molecule has 0 aliphatic heterocycles. The van der Waals surface area contributed by atoms with Crippen LogP contribution in [0.1, 0.15) is 43.6 Å². The highest BCUT2D eigenvalue weighted by Gasteiger charge is 2.14. The number of halogens is 1. The number of benzene rings is 2. The first kappa shape index (κ1) is 24.3. The molecule has 6 nitrogen and oxygen atoms in total. The minimum Gasteiger partial charge on any atom is -0.493 e. The van der Waals surface area contributed by atoms with Crippen molar-refractivity contribution in [2.75, 3.05) is 25.5 Å². The van der Waals surface area contributed by atoms with Crippen LogP contribution in [0, 0.1) is 0 Å². The van der Waals surface area contributed by atoms with E-state index in [-0.39, 0.29) is 17.9 Å². The largest absolute Gasteiger partial charge is 0.493 e. The van der Waals surface area contributed by atoms with Crippen LogP contribution in [-0.4, -0.2) is 43.0 Å². The van der Waals surface area contributed by atoms with Crippen molar-refractivity contribution in [1.82, 2.24) is 4.90 Å². The number of anilines is 1. The van der Waals surface area contributed by atoms with Gasteiger partial charge in [-0.3, -0.25) is 9.59 Å². The van der Waals surface area contributed by atoms with E-state index in [9.17, 15) is 9.59 Å². The lowest BCUT2D eigenvalue weighted by atomic mass is 10.1. The number of amides is 2. The number of rotatable bonds is 9. The second-order valence-corrected chi connectivity index (χ2v) is 7.49. The molecule has 0 radical (unpaired) electrons. The third kappa shape index (κ3) is 6.76. The number of hydrogen-bond acceptors (Lipinski definition) is 4. The Labute approximate surface area is 188 Å². The maximum atomic E-state index is 12.4. The normalized spacial score (nSPS) is 10.9. The molecule has 0 saturated heterocycles. The van der Waals surface area contributed by atoms with Crippen LogP contribution in [0.4, 0.5) is 5.69 Å². The summed E-state index contributed by atoms with van der Waals surface area (Å²) < 4.78 is 11.1. The molecule has 0 aliphatic carbocycles. The van der Waals surface area contributed by atoms with Crippen LogP contribution in [0.5, 0.6) is 11.5 Å². The Balaban J connectivity index is 2.07. The number of carbonyl (C=O) groups is 2. The average Bonchev–Trinajstić information content (AvgIpc) is 2.74. The Kier molecular flexibility index (Phi) is 8.94. The molecule has 0 bridgehead atoms. The zero-order valence-corrected chi connectivity index (χ0v) is 19.3. The van der Waals surface area contributed by atoms with Gasteiger partial charge in [-0.1, -0.05) is 11.6 Å². The Morgan fingerprint density at radius 2 is 1.77 bits per heavy atom. The Bertz CT molecular complexity index is 935. The summed E-state index contributed by atoms with van der Waals surface area (Å²) in [4.78, 5) is 26.4. The highest BCUT2D eigenvalue weighted by Crippen LogP contribution is 2.37. The summed E-state index contributed by atoms with van der Waals surface area (Å²) in [6.45, 7) is 8.99. The van der Waals surface area contributed by atoms with Crippen LogP contribution in [0.25, 0.3) is 6.08 Å². The predicted molar refractivity (Wildman–Crippen MR) is 125 cm³/mol. The van der Waals surface area contributed by atoms with Crippen molar-refractivity contribution in [2.45, 2.75) is 33.8 Å². The molecule has 0 unspecified atom stereocenters. The van der Waals surface area contributed by atoms with Crippen LogP contribution in [0.3, 0.4) is 0 Å². The van der Waals surface area contributed by atoms with Gasteiger partial charge in [-0.05, 0) is 75.7 Å². The van der Waals surface area contributed by atoms with Crippen LogP contribution in [0.2, 0.25) is 5.02 Å². The van der Waals surface area contributed by atoms with Gasteiger partial charge >= 0.3 is 0 Å². The zero-order valence-electron chi connectivity index (χ0n) is 18.6. The van der Waals surface area contributed by atoms with Gasteiger partial charge < -0.3 is 19.7 Å². The molecule has 31 heavy (non-hydrogen) atoms. The van der Waals surface area contributed by atoms with Crippen LogP contribution in [0.15, 0.2) is 42.5 Å². The number of carbonyl (C=O) groups excluding carboxylic acids is 2. The number of nitrogens with one attached hydrogen (secondary N) is 1. The van der Waals surface area contributed by atoms with E-state index in [0.717, 1.165) is 0 Å². The van der Waals surface area contributed by atoms with Crippen molar-refractivity contribution < 1.29 is 19.1 Å². The molecule has 2 aromatic carbocycles. The first-order chi connectivity index (χ1) is 14.8. The third-order valence-electron chi connectivity index (χ3n) is 4.48. The number of methoxy groups -OCH3 is 1. The van der Waals surface area contributed by atoms with Crippen molar-refractivity contribution in [3.8, 4) is 11.5 Å². The van der Waals surface area contributed by atoms with Crippen molar-refractivity contribution in [3.05, 3.63) is 58.6 Å². The number of ether oxygens (including phenoxy) is 2. The first-order valence-corrected chi connectivity index (χ1v) is 10.6. The highest BCUT2D eigenvalue weighted by atomic mass is 35.5. The molecule has 2 rings (SSSR count). The van der Waals surface area contributed by atoms with E-state index in [1.165, 1.54) is 13.2 Å². The van der Waals surface area contributed by atoms with Gasteiger partial charge in [0, 0.05) is 30.4 Å². The molecule has 2 aromatic rings. The lowest BCUT2D eigenvalue weighted by Crippen LogP contribution is -2.30. The smallest absolute Gasteiger partial charge is 0.253 e. The molecule has 7 heteroatoms. The van der Waals surface area contributed by atoms with E-state index >= 15 is 0 Å². The number of hydrogen-bond donors (Lipinski definition) is 1. The second kappa shape index (κ2) is 11.4. The van der Waals surface area contributed by atoms with Crippen molar-refractivity contribution in [2.24, 2.45) is 0 Å². The van der Waals surface area contributed by atoms with E-state index in [4.69, 9.17) is 21.1 Å². The molecule has 1 N–H and O–H groups in total. The molecule has 0 fully saturated rings. The molecule has 0 aromatic heterocycles. The molecule has 0 aliphatic rings. The Hall–Kier alpha value is -2.99. The molecule has 0 atom stereocenters. The summed E-state index contributed by atoms with van der Waals surface area (Å²) in [7, 11) is 1.54. The van der Waals surface area contributed by atoms with E-state index < -0.39 is 0 Å². The van der Waals surface area contributed by atoms with E-state index in [0.29, 0.717) is 46.4 Å². The van der Waals surface area contributed by atoms with Crippen LogP contribution >= 0.6 is 11.6 Å². The quantitative estimate of drug-likeness (QED) is 0.535. The fourth-order valence-corrected chi connectivity index (χ4v) is 3.20. The van der Waals surface area contributed by atoms with Crippen LogP contribution < -0.4 is 14.8 Å². The van der Waals surface area contributed by atoms with E-state index in [2.05, 4.69) is 5.32 Å². The predicted octanol–water partition coefficient (Wildman–Crippen LogP) is 5.27. The van der Waals surface area contributed by atoms with E-state index in [1.54, 1.807) is 47.4 Å². The van der Waals surface area contributed by atoms with Crippen molar-refractivity contribution in [3.63, 3.8) is 0 Å². The highest BCUT2D eigenvalue weighted by molar-refractivity contribution is 6.32. The van der Waals surface area contributed by atoms with Gasteiger partial charge in [0.05, 0.1) is 18.2 Å². The first-order valence-electron chi connectivity index (χ1n) is 10.2. The van der Waals surface area contributed by atoms with Crippen molar-refractivity contribution in [1.29, 1.82) is 0 Å². The molecule has 166 valence electrons. The summed E-state index contributed by atoms with van der Waals surface area (Å²) in [5, 5.41) is 3.18. The Morgan fingerprint density at radius 3 is 2.32 bits per heavy atom. The zero-order chi connectivity index (χ0) is 23.0. The SMILES string of the molecule is CCN(CC)C(=O)c1ccc(NC(=O)/C=C/c2cc(Cl)c(OC(C)C)c(OC)c2)cc1. The third-order valence-corrected chi connectivity index (χ3v) is 4.76. The summed E-state index contributed by atoms with van der Waals surface area (Å²) in [5.41, 5.74) is 1.89. The van der Waals surface area contributed by atoms with E-state index in [1.807, 2.05) is 27.7 Å². The molecule has 2 amide bonds. The molecular formula is C24H29ClN2O4. The molecular weight excluding hydrogens is 416 g/mol. The maximum absolute atomic E-state index is 12.4. The lowest BCUT2D eigenvalue weighted by molar-refractivity contribution is -0.111.